The molecule has 0 unspecified atom stereocenters. The van der Waals surface area contributed by atoms with Gasteiger partial charge in [0.25, 0.3) is 5.91 Å². The molecule has 1 saturated heterocycles. The van der Waals surface area contributed by atoms with E-state index >= 15 is 0 Å². The zero-order chi connectivity index (χ0) is 13.4. The number of ether oxygens (including phenoxy) is 1. The van der Waals surface area contributed by atoms with E-state index in [0.717, 1.165) is 42.9 Å². The van der Waals surface area contributed by atoms with E-state index in [1.165, 1.54) is 5.56 Å². The fraction of sp³-hybridized carbons (Fsp3) is 0.533. The van der Waals surface area contributed by atoms with Crippen LogP contribution in [-0.4, -0.2) is 37.0 Å². The molecule has 1 amide bonds. The van der Waals surface area contributed by atoms with Crippen LogP contribution in [0.5, 0.6) is 5.75 Å². The van der Waals surface area contributed by atoms with Crippen LogP contribution in [0.2, 0.25) is 0 Å². The molecule has 2 aliphatic rings. The monoisotopic (exact) mass is 296 g/mol. The molecule has 0 radical (unpaired) electrons. The van der Waals surface area contributed by atoms with E-state index in [1.54, 1.807) is 0 Å². The van der Waals surface area contributed by atoms with Gasteiger partial charge >= 0.3 is 0 Å². The summed E-state index contributed by atoms with van der Waals surface area (Å²) in [5, 5.41) is 3.37. The molecule has 1 N–H and O–H groups in total. The van der Waals surface area contributed by atoms with Gasteiger partial charge < -0.3 is 15.0 Å². The van der Waals surface area contributed by atoms with E-state index in [0.29, 0.717) is 6.61 Å². The minimum Gasteiger partial charge on any atom is -0.493 e. The first-order chi connectivity index (χ1) is 9.26. The third kappa shape index (κ3) is 2.27. The number of nitrogens with zero attached hydrogens (tertiary/aromatic N) is 1. The van der Waals surface area contributed by atoms with Gasteiger partial charge in [-0.1, -0.05) is 13.0 Å². The Labute approximate surface area is 125 Å². The number of nitrogens with one attached hydrogen (secondary N) is 1. The van der Waals surface area contributed by atoms with Gasteiger partial charge in [-0.15, -0.1) is 12.4 Å². The maximum absolute atomic E-state index is 12.5. The maximum atomic E-state index is 12.5. The Kier molecular flexibility index (Phi) is 4.55. The third-order valence-electron chi connectivity index (χ3n) is 3.98. The maximum Gasteiger partial charge on any atom is 0.258 e. The summed E-state index contributed by atoms with van der Waals surface area (Å²) in [6, 6.07) is 4.38. The number of amides is 1. The molecule has 4 nitrogen and oxygen atoms in total. The third-order valence-corrected chi connectivity index (χ3v) is 3.98. The highest BCUT2D eigenvalue weighted by atomic mass is 35.5. The van der Waals surface area contributed by atoms with E-state index in [1.807, 2.05) is 17.9 Å². The van der Waals surface area contributed by atoms with E-state index < -0.39 is 0 Å². The summed E-state index contributed by atoms with van der Waals surface area (Å²) in [5.74, 6) is 0.892. The second-order valence-corrected chi connectivity index (χ2v) is 5.06. The Bertz CT molecular complexity index is 519. The molecule has 0 saturated carbocycles. The Morgan fingerprint density at radius 2 is 2.20 bits per heavy atom. The molecule has 1 aromatic carbocycles. The Hall–Kier alpha value is -1.26. The lowest BCUT2D eigenvalue weighted by atomic mass is 9.98. The second-order valence-electron chi connectivity index (χ2n) is 5.06. The highest BCUT2D eigenvalue weighted by Gasteiger charge is 2.40. The van der Waals surface area contributed by atoms with Crippen LogP contribution in [0, 0.1) is 0 Å². The lowest BCUT2D eigenvalue weighted by molar-refractivity contribution is 0.0688. The summed E-state index contributed by atoms with van der Waals surface area (Å²) >= 11 is 0. The molecule has 1 aromatic rings. The normalized spacial score (nSPS) is 20.2. The topological polar surface area (TPSA) is 41.6 Å². The van der Waals surface area contributed by atoms with Crippen molar-refractivity contribution in [3.05, 3.63) is 28.8 Å². The highest BCUT2D eigenvalue weighted by molar-refractivity contribution is 6.02. The van der Waals surface area contributed by atoms with Crippen molar-refractivity contribution < 1.29 is 9.53 Å². The summed E-state index contributed by atoms with van der Waals surface area (Å²) in [6.45, 7) is 7.18. The standard InChI is InChI=1S/C15H20N2O2.ClH/c1-3-10-7-11-12-9-16-5-6-17(12)15(18)14(11)13(8-10)19-4-2;/h7-8,12,16H,3-6,9H2,1-2H3;1H/t12-;/m1./s1. The molecule has 0 aliphatic carbocycles. The van der Waals surface area contributed by atoms with Crippen molar-refractivity contribution in [1.82, 2.24) is 10.2 Å². The van der Waals surface area contributed by atoms with Gasteiger partial charge in [0.15, 0.2) is 0 Å². The molecule has 0 spiro atoms. The lowest BCUT2D eigenvalue weighted by Gasteiger charge is -2.30. The van der Waals surface area contributed by atoms with Gasteiger partial charge in [0, 0.05) is 19.6 Å². The van der Waals surface area contributed by atoms with Gasteiger partial charge in [-0.05, 0) is 30.5 Å². The quantitative estimate of drug-likeness (QED) is 0.929. The van der Waals surface area contributed by atoms with Crippen LogP contribution < -0.4 is 10.1 Å². The SMILES string of the molecule is CCOc1cc(CC)cc2c1C(=O)N1CCNC[C@H]21.Cl. The summed E-state index contributed by atoms with van der Waals surface area (Å²) < 4.78 is 5.70. The van der Waals surface area contributed by atoms with Crippen LogP contribution in [0.25, 0.3) is 0 Å². The number of piperazine rings is 1. The van der Waals surface area contributed by atoms with Crippen molar-refractivity contribution in [2.75, 3.05) is 26.2 Å². The number of carbonyl (C=O) groups excluding carboxylic acids is 1. The van der Waals surface area contributed by atoms with Gasteiger partial charge in [0.1, 0.15) is 5.75 Å². The molecule has 1 atom stereocenters. The summed E-state index contributed by atoms with van der Waals surface area (Å²) in [4.78, 5) is 14.5. The van der Waals surface area contributed by atoms with Crippen LogP contribution in [0.3, 0.4) is 0 Å². The molecule has 5 heteroatoms. The van der Waals surface area contributed by atoms with Gasteiger partial charge in [0.05, 0.1) is 18.2 Å². The van der Waals surface area contributed by atoms with Crippen molar-refractivity contribution in [2.45, 2.75) is 26.3 Å². The van der Waals surface area contributed by atoms with E-state index in [2.05, 4.69) is 18.3 Å². The molecule has 110 valence electrons. The average molecular weight is 297 g/mol. The number of halogens is 1. The van der Waals surface area contributed by atoms with Crippen molar-refractivity contribution in [3.8, 4) is 5.75 Å². The zero-order valence-electron chi connectivity index (χ0n) is 11.9. The Balaban J connectivity index is 0.00000147. The molecule has 1 fully saturated rings. The summed E-state index contributed by atoms with van der Waals surface area (Å²) in [5.41, 5.74) is 3.16. The van der Waals surface area contributed by atoms with Crippen molar-refractivity contribution in [1.29, 1.82) is 0 Å². The van der Waals surface area contributed by atoms with Crippen molar-refractivity contribution in [2.24, 2.45) is 0 Å². The first kappa shape index (κ1) is 15.1. The van der Waals surface area contributed by atoms with Gasteiger partial charge in [0.2, 0.25) is 0 Å². The smallest absolute Gasteiger partial charge is 0.258 e. The summed E-state index contributed by atoms with van der Waals surface area (Å²) in [6.07, 6.45) is 0.960. The summed E-state index contributed by atoms with van der Waals surface area (Å²) in [7, 11) is 0. The van der Waals surface area contributed by atoms with Gasteiger partial charge in [-0.25, -0.2) is 0 Å². The first-order valence-corrected chi connectivity index (χ1v) is 7.07. The fourth-order valence-electron chi connectivity index (χ4n) is 3.03. The molecule has 20 heavy (non-hydrogen) atoms. The van der Waals surface area contributed by atoms with E-state index in [9.17, 15) is 4.79 Å². The Morgan fingerprint density at radius 3 is 2.90 bits per heavy atom. The number of hydrogen-bond donors (Lipinski definition) is 1. The number of aryl methyl sites for hydroxylation is 1. The number of rotatable bonds is 3. The number of fused-ring (bicyclic) bond motifs is 3. The highest BCUT2D eigenvalue weighted by Crippen LogP contribution is 2.40. The van der Waals surface area contributed by atoms with Gasteiger partial charge in [-0.2, -0.15) is 0 Å². The second kappa shape index (κ2) is 6.02. The minimum absolute atomic E-state index is 0. The number of benzene rings is 1. The van der Waals surface area contributed by atoms with Crippen LogP contribution in [0.4, 0.5) is 0 Å². The Morgan fingerprint density at radius 1 is 1.40 bits per heavy atom. The van der Waals surface area contributed by atoms with Crippen LogP contribution in [-0.2, 0) is 6.42 Å². The van der Waals surface area contributed by atoms with Crippen molar-refractivity contribution in [3.63, 3.8) is 0 Å². The minimum atomic E-state index is 0. The van der Waals surface area contributed by atoms with Crippen molar-refractivity contribution >= 4 is 18.3 Å². The molecule has 0 bridgehead atoms. The molecule has 2 aliphatic heterocycles. The fourth-order valence-corrected chi connectivity index (χ4v) is 3.03. The molecule has 2 heterocycles. The molecular formula is C15H21ClN2O2. The largest absolute Gasteiger partial charge is 0.493 e. The van der Waals surface area contributed by atoms with E-state index in [4.69, 9.17) is 4.74 Å². The predicted molar refractivity (Wildman–Crippen MR) is 80.9 cm³/mol. The van der Waals surface area contributed by atoms with Gasteiger partial charge in [-0.3, -0.25) is 4.79 Å². The average Bonchev–Trinajstić information content (AvgIpc) is 2.73. The first-order valence-electron chi connectivity index (χ1n) is 7.07. The van der Waals surface area contributed by atoms with Crippen LogP contribution in [0.1, 0.15) is 41.4 Å². The number of hydrogen-bond acceptors (Lipinski definition) is 3. The van der Waals surface area contributed by atoms with E-state index in [-0.39, 0.29) is 24.4 Å². The van der Waals surface area contributed by atoms with Crippen LogP contribution >= 0.6 is 12.4 Å². The molecule has 0 aromatic heterocycles. The molecular weight excluding hydrogens is 276 g/mol. The molecule has 3 rings (SSSR count). The predicted octanol–water partition coefficient (Wildman–Crippen LogP) is 2.17. The lowest BCUT2D eigenvalue weighted by Crippen LogP contribution is -2.44. The zero-order valence-corrected chi connectivity index (χ0v) is 12.8. The van der Waals surface area contributed by atoms with Crippen LogP contribution in [0.15, 0.2) is 12.1 Å². The number of carbonyl (C=O) groups is 1.